The maximum Gasteiger partial charge on any atom is 0.213 e. The van der Waals surface area contributed by atoms with Crippen molar-refractivity contribution in [1.29, 1.82) is 0 Å². The van der Waals surface area contributed by atoms with Crippen LogP contribution in [0.4, 0.5) is 0 Å². The smallest absolute Gasteiger partial charge is 0.213 e. The predicted molar refractivity (Wildman–Crippen MR) is 121 cm³/mol. The summed E-state index contributed by atoms with van der Waals surface area (Å²) in [5.74, 6) is 1.56. The number of pyridine rings is 1. The highest BCUT2D eigenvalue weighted by atomic mass is 32.1. The van der Waals surface area contributed by atoms with Gasteiger partial charge in [0.1, 0.15) is 17.2 Å². The highest BCUT2D eigenvalue weighted by Crippen LogP contribution is 2.23. The Morgan fingerprint density at radius 3 is 2.83 bits per heavy atom. The molecule has 0 aromatic carbocycles. The molecule has 0 amide bonds. The molecule has 1 fully saturated rings. The second-order valence-corrected chi connectivity index (χ2v) is 8.50. The zero-order valence-corrected chi connectivity index (χ0v) is 19.2. The van der Waals surface area contributed by atoms with Crippen LogP contribution in [0.2, 0.25) is 0 Å². The Hall–Kier alpha value is -2.19. The topological polar surface area (TPSA) is 71.9 Å². The van der Waals surface area contributed by atoms with E-state index < -0.39 is 0 Å². The van der Waals surface area contributed by atoms with Crippen LogP contribution in [-0.2, 0) is 17.8 Å². The first-order valence-electron chi connectivity index (χ1n) is 10.7. The fraction of sp³-hybridized carbons (Fsp3) is 0.591. The Kier molecular flexibility index (Phi) is 8.45. The standard InChI is InChI=1S/C22H33N5O2S/c1-5-23-22(27(3)14-18-15-30-21(26-18)16(2)28-4)25-13-17-10-11-20(24-12-17)29-19-8-6-7-9-19/h10-12,15-16,19H,5-9,13-14H2,1-4H3,(H,23,25). The Bertz CT molecular complexity index is 802. The summed E-state index contributed by atoms with van der Waals surface area (Å²) in [5.41, 5.74) is 2.07. The first kappa shape index (κ1) is 22.5. The van der Waals surface area contributed by atoms with E-state index in [1.165, 1.54) is 12.8 Å². The monoisotopic (exact) mass is 431 g/mol. The van der Waals surface area contributed by atoms with Gasteiger partial charge in [0.05, 0.1) is 18.8 Å². The average molecular weight is 432 g/mol. The fourth-order valence-electron chi connectivity index (χ4n) is 3.39. The number of hydrogen-bond donors (Lipinski definition) is 1. The largest absolute Gasteiger partial charge is 0.474 e. The molecule has 2 heterocycles. The van der Waals surface area contributed by atoms with E-state index in [9.17, 15) is 0 Å². The lowest BCUT2D eigenvalue weighted by Crippen LogP contribution is -2.38. The van der Waals surface area contributed by atoms with Gasteiger partial charge in [-0.15, -0.1) is 11.3 Å². The quantitative estimate of drug-likeness (QED) is 0.475. The van der Waals surface area contributed by atoms with Crippen molar-refractivity contribution in [3.8, 4) is 5.88 Å². The summed E-state index contributed by atoms with van der Waals surface area (Å²) in [7, 11) is 3.73. The first-order valence-corrected chi connectivity index (χ1v) is 11.5. The highest BCUT2D eigenvalue weighted by molar-refractivity contribution is 7.09. The molecule has 0 spiro atoms. The Morgan fingerprint density at radius 2 is 2.17 bits per heavy atom. The van der Waals surface area contributed by atoms with E-state index in [-0.39, 0.29) is 6.10 Å². The molecule has 8 heteroatoms. The molecule has 1 saturated carbocycles. The van der Waals surface area contributed by atoms with Crippen molar-refractivity contribution in [3.05, 3.63) is 40.0 Å². The van der Waals surface area contributed by atoms with Gasteiger partial charge in [-0.05, 0) is 45.1 Å². The van der Waals surface area contributed by atoms with Gasteiger partial charge in [-0.25, -0.2) is 15.0 Å². The van der Waals surface area contributed by atoms with Crippen molar-refractivity contribution >= 4 is 17.3 Å². The molecule has 0 aliphatic heterocycles. The molecule has 0 saturated heterocycles. The summed E-state index contributed by atoms with van der Waals surface area (Å²) in [6, 6.07) is 4.00. The van der Waals surface area contributed by atoms with Crippen molar-refractivity contribution in [2.75, 3.05) is 20.7 Å². The molecule has 1 atom stereocenters. The summed E-state index contributed by atoms with van der Waals surface area (Å²) in [6.45, 7) is 6.13. The number of methoxy groups -OCH3 is 1. The molecule has 1 aliphatic carbocycles. The minimum Gasteiger partial charge on any atom is -0.474 e. The van der Waals surface area contributed by atoms with E-state index in [1.54, 1.807) is 18.4 Å². The van der Waals surface area contributed by atoms with Gasteiger partial charge in [-0.2, -0.15) is 0 Å². The van der Waals surface area contributed by atoms with Crippen molar-refractivity contribution in [2.45, 2.75) is 64.8 Å². The van der Waals surface area contributed by atoms with E-state index >= 15 is 0 Å². The predicted octanol–water partition coefficient (Wildman–Crippen LogP) is 4.16. The zero-order chi connectivity index (χ0) is 21.3. The van der Waals surface area contributed by atoms with E-state index in [0.29, 0.717) is 25.1 Å². The van der Waals surface area contributed by atoms with Crippen LogP contribution in [-0.4, -0.2) is 47.6 Å². The number of guanidine groups is 1. The molecule has 7 nitrogen and oxygen atoms in total. The van der Waals surface area contributed by atoms with Crippen LogP contribution in [0.1, 0.15) is 61.9 Å². The third kappa shape index (κ3) is 6.40. The van der Waals surface area contributed by atoms with Crippen LogP contribution in [0.15, 0.2) is 28.7 Å². The third-order valence-electron chi connectivity index (χ3n) is 5.17. The molecule has 1 unspecified atom stereocenters. The lowest BCUT2D eigenvalue weighted by atomic mass is 10.3. The maximum absolute atomic E-state index is 5.94. The molecule has 2 aromatic heterocycles. The molecule has 1 aliphatic rings. The second-order valence-electron chi connectivity index (χ2n) is 7.61. The minimum absolute atomic E-state index is 0.0177. The van der Waals surface area contributed by atoms with Gasteiger partial charge in [0.25, 0.3) is 0 Å². The summed E-state index contributed by atoms with van der Waals surface area (Å²) in [6.07, 6.45) is 6.99. The molecule has 0 radical (unpaired) electrons. The molecule has 0 bridgehead atoms. The maximum atomic E-state index is 5.94. The van der Waals surface area contributed by atoms with E-state index in [4.69, 9.17) is 14.5 Å². The lowest BCUT2D eigenvalue weighted by molar-refractivity contribution is 0.119. The van der Waals surface area contributed by atoms with Crippen molar-refractivity contribution in [2.24, 2.45) is 4.99 Å². The normalized spacial score (nSPS) is 15.9. The average Bonchev–Trinajstić information content (AvgIpc) is 3.44. The van der Waals surface area contributed by atoms with Gasteiger partial charge < -0.3 is 19.7 Å². The minimum atomic E-state index is 0.0177. The van der Waals surface area contributed by atoms with Crippen LogP contribution < -0.4 is 10.1 Å². The number of rotatable bonds is 9. The van der Waals surface area contributed by atoms with Crippen LogP contribution in [0, 0.1) is 0 Å². The molecular formula is C22H33N5O2S. The molecular weight excluding hydrogens is 398 g/mol. The summed E-state index contributed by atoms with van der Waals surface area (Å²) < 4.78 is 11.3. The van der Waals surface area contributed by atoms with Gasteiger partial charge in [-0.3, -0.25) is 0 Å². The van der Waals surface area contributed by atoms with Gasteiger partial charge in [0.2, 0.25) is 5.88 Å². The Labute approximate surface area is 183 Å². The first-order chi connectivity index (χ1) is 14.6. The number of thiazole rings is 1. The van der Waals surface area contributed by atoms with Gasteiger partial charge in [0.15, 0.2) is 5.96 Å². The number of nitrogens with zero attached hydrogens (tertiary/aromatic N) is 4. The van der Waals surface area contributed by atoms with Gasteiger partial charge in [-0.1, -0.05) is 6.07 Å². The highest BCUT2D eigenvalue weighted by Gasteiger charge is 2.17. The van der Waals surface area contributed by atoms with E-state index in [1.807, 2.05) is 32.3 Å². The number of nitrogens with one attached hydrogen (secondary N) is 1. The third-order valence-corrected chi connectivity index (χ3v) is 6.22. The van der Waals surface area contributed by atoms with Crippen LogP contribution in [0.3, 0.4) is 0 Å². The van der Waals surface area contributed by atoms with Crippen molar-refractivity contribution in [1.82, 2.24) is 20.2 Å². The molecule has 2 aromatic rings. The summed E-state index contributed by atoms with van der Waals surface area (Å²) in [5, 5.41) is 6.43. The van der Waals surface area contributed by atoms with Crippen molar-refractivity contribution < 1.29 is 9.47 Å². The summed E-state index contributed by atoms with van der Waals surface area (Å²) in [4.78, 5) is 16.0. The van der Waals surface area contributed by atoms with Crippen LogP contribution in [0.5, 0.6) is 5.88 Å². The van der Waals surface area contributed by atoms with Gasteiger partial charge in [0, 0.05) is 38.3 Å². The van der Waals surface area contributed by atoms with Crippen LogP contribution >= 0.6 is 11.3 Å². The summed E-state index contributed by atoms with van der Waals surface area (Å²) >= 11 is 1.63. The van der Waals surface area contributed by atoms with Crippen LogP contribution in [0.25, 0.3) is 0 Å². The molecule has 3 rings (SSSR count). The van der Waals surface area contributed by atoms with Gasteiger partial charge >= 0.3 is 0 Å². The zero-order valence-electron chi connectivity index (χ0n) is 18.4. The second kappa shape index (κ2) is 11.3. The Morgan fingerprint density at radius 1 is 1.37 bits per heavy atom. The SMILES string of the molecule is CCNC(=NCc1ccc(OC2CCCC2)nc1)N(C)Cc1csc(C(C)OC)n1. The molecule has 1 N–H and O–H groups in total. The number of aromatic nitrogens is 2. The Balaban J connectivity index is 1.58. The molecule has 30 heavy (non-hydrogen) atoms. The molecule has 164 valence electrons. The van der Waals surface area contributed by atoms with Crippen molar-refractivity contribution in [3.63, 3.8) is 0 Å². The number of hydrogen-bond acceptors (Lipinski definition) is 6. The van der Waals surface area contributed by atoms with E-state index in [2.05, 4.69) is 32.5 Å². The number of ether oxygens (including phenoxy) is 2. The van der Waals surface area contributed by atoms with E-state index in [0.717, 1.165) is 41.6 Å². The fourth-order valence-corrected chi connectivity index (χ4v) is 4.23. The lowest BCUT2D eigenvalue weighted by Gasteiger charge is -2.21. The number of aliphatic imine (C=N–C) groups is 1.